The molecule has 2 aromatic carbocycles. The molecule has 0 aromatic heterocycles. The van der Waals surface area contributed by atoms with Crippen molar-refractivity contribution in [2.75, 3.05) is 14.2 Å². The van der Waals surface area contributed by atoms with Gasteiger partial charge < -0.3 is 20.0 Å². The number of nitrogens with two attached hydrogens (primary N) is 1. The second kappa shape index (κ2) is 7.12. The molecule has 2 N–H and O–H groups in total. The largest absolute Gasteiger partial charge is 0.497 e. The maximum absolute atomic E-state index is 12.0. The van der Waals surface area contributed by atoms with E-state index in [1.807, 2.05) is 0 Å². The molecule has 0 saturated carbocycles. The highest BCUT2D eigenvalue weighted by Crippen LogP contribution is 2.18. The van der Waals surface area contributed by atoms with E-state index in [1.54, 1.807) is 55.6 Å². The van der Waals surface area contributed by atoms with Crippen molar-refractivity contribution in [3.8, 4) is 11.5 Å². The van der Waals surface area contributed by atoms with Crippen LogP contribution in [0.15, 0.2) is 53.7 Å². The highest BCUT2D eigenvalue weighted by molar-refractivity contribution is 5.98. The molecule has 0 bridgehead atoms. The average molecular weight is 300 g/mol. The Morgan fingerprint density at radius 3 is 2.32 bits per heavy atom. The fourth-order valence-corrected chi connectivity index (χ4v) is 1.77. The molecule has 0 aliphatic heterocycles. The smallest absolute Gasteiger partial charge is 0.369 e. The first kappa shape index (κ1) is 15.4. The van der Waals surface area contributed by atoms with Crippen molar-refractivity contribution in [2.45, 2.75) is 0 Å². The first-order valence-corrected chi connectivity index (χ1v) is 6.48. The zero-order valence-electron chi connectivity index (χ0n) is 12.3. The fourth-order valence-electron chi connectivity index (χ4n) is 1.77. The Morgan fingerprint density at radius 1 is 1.00 bits per heavy atom. The third-order valence-electron chi connectivity index (χ3n) is 2.94. The summed E-state index contributed by atoms with van der Waals surface area (Å²) in [5.41, 5.74) is 6.68. The molecule has 0 spiro atoms. The van der Waals surface area contributed by atoms with Gasteiger partial charge in [0, 0.05) is 5.56 Å². The molecule has 6 heteroatoms. The Kier molecular flexibility index (Phi) is 4.98. The van der Waals surface area contributed by atoms with E-state index < -0.39 is 5.97 Å². The van der Waals surface area contributed by atoms with Gasteiger partial charge in [0.1, 0.15) is 17.1 Å². The molecule has 2 rings (SSSR count). The Morgan fingerprint density at radius 2 is 1.68 bits per heavy atom. The summed E-state index contributed by atoms with van der Waals surface area (Å²) in [4.78, 5) is 16.8. The number of methoxy groups -OCH3 is 2. The number of carbonyl (C=O) groups is 1. The van der Waals surface area contributed by atoms with Gasteiger partial charge in [-0.25, -0.2) is 4.79 Å². The van der Waals surface area contributed by atoms with E-state index in [0.29, 0.717) is 17.1 Å². The van der Waals surface area contributed by atoms with E-state index in [2.05, 4.69) is 5.16 Å². The van der Waals surface area contributed by atoms with Gasteiger partial charge in [0.2, 0.25) is 0 Å². The molecule has 114 valence electrons. The summed E-state index contributed by atoms with van der Waals surface area (Å²) >= 11 is 0. The van der Waals surface area contributed by atoms with E-state index >= 15 is 0 Å². The van der Waals surface area contributed by atoms with Gasteiger partial charge in [-0.3, -0.25) is 0 Å². The van der Waals surface area contributed by atoms with Gasteiger partial charge in [0.15, 0.2) is 5.84 Å². The number of amidine groups is 1. The lowest BCUT2D eigenvalue weighted by atomic mass is 10.2. The number of benzene rings is 2. The molecule has 0 fully saturated rings. The van der Waals surface area contributed by atoms with E-state index in [9.17, 15) is 4.79 Å². The van der Waals surface area contributed by atoms with Gasteiger partial charge in [-0.05, 0) is 36.4 Å². The minimum atomic E-state index is -0.645. The minimum absolute atomic E-state index is 0.0888. The molecule has 0 aliphatic rings. The maximum Gasteiger partial charge on any atom is 0.369 e. The maximum atomic E-state index is 12.0. The van der Waals surface area contributed by atoms with Gasteiger partial charge in [0.05, 0.1) is 14.2 Å². The third-order valence-corrected chi connectivity index (χ3v) is 2.94. The third kappa shape index (κ3) is 3.54. The van der Waals surface area contributed by atoms with Crippen molar-refractivity contribution in [1.29, 1.82) is 0 Å². The topological polar surface area (TPSA) is 83.1 Å². The molecule has 6 nitrogen and oxygen atoms in total. The minimum Gasteiger partial charge on any atom is -0.497 e. The van der Waals surface area contributed by atoms with Crippen LogP contribution in [0.4, 0.5) is 0 Å². The van der Waals surface area contributed by atoms with Crippen LogP contribution in [0.1, 0.15) is 15.9 Å². The van der Waals surface area contributed by atoms with Crippen molar-refractivity contribution >= 4 is 11.8 Å². The Balaban J connectivity index is 2.11. The van der Waals surface area contributed by atoms with Crippen molar-refractivity contribution in [2.24, 2.45) is 10.9 Å². The van der Waals surface area contributed by atoms with Crippen LogP contribution >= 0.6 is 0 Å². The summed E-state index contributed by atoms with van der Waals surface area (Å²) in [7, 11) is 3.04. The highest BCUT2D eigenvalue weighted by Gasteiger charge is 2.13. The van der Waals surface area contributed by atoms with Crippen LogP contribution in [-0.2, 0) is 4.84 Å². The van der Waals surface area contributed by atoms with Crippen molar-refractivity contribution in [3.63, 3.8) is 0 Å². The second-order valence-electron chi connectivity index (χ2n) is 4.28. The number of nitrogens with zero attached hydrogens (tertiary/aromatic N) is 1. The van der Waals surface area contributed by atoms with Gasteiger partial charge in [-0.15, -0.1) is 0 Å². The van der Waals surface area contributed by atoms with Crippen LogP contribution < -0.4 is 15.2 Å². The molecule has 0 radical (unpaired) electrons. The summed E-state index contributed by atoms with van der Waals surface area (Å²) in [5.74, 6) is 0.549. The molecule has 0 unspecified atom stereocenters. The number of ether oxygens (including phenoxy) is 2. The predicted molar refractivity (Wildman–Crippen MR) is 82.1 cm³/mol. The number of hydrogen-bond donors (Lipinski definition) is 1. The first-order valence-electron chi connectivity index (χ1n) is 6.48. The predicted octanol–water partition coefficient (Wildman–Crippen LogP) is 2.18. The number of rotatable bonds is 5. The number of carbonyl (C=O) groups excluding carboxylic acids is 1. The molecule has 0 amide bonds. The normalized spacial score (nSPS) is 10.9. The van der Waals surface area contributed by atoms with Gasteiger partial charge in [0.25, 0.3) is 0 Å². The summed E-state index contributed by atoms with van der Waals surface area (Å²) in [6.45, 7) is 0. The van der Waals surface area contributed by atoms with E-state index in [0.717, 1.165) is 0 Å². The Labute approximate surface area is 128 Å². The van der Waals surface area contributed by atoms with Gasteiger partial charge in [-0.1, -0.05) is 17.3 Å². The van der Waals surface area contributed by atoms with Crippen molar-refractivity contribution in [3.05, 3.63) is 59.7 Å². The standard InChI is InChI=1S/C16H16N2O4/c1-20-12-9-7-11(8-10-12)15(17)18-22-16(19)13-5-3-4-6-14(13)21-2/h3-10H,1-2H3,(H2,17,18). The monoisotopic (exact) mass is 300 g/mol. The molecule has 0 saturated heterocycles. The van der Waals surface area contributed by atoms with Crippen LogP contribution in [-0.4, -0.2) is 26.0 Å². The first-order chi connectivity index (χ1) is 10.7. The molecule has 2 aromatic rings. The molecule has 0 aliphatic carbocycles. The van der Waals surface area contributed by atoms with Gasteiger partial charge >= 0.3 is 5.97 Å². The molecular formula is C16H16N2O4. The van der Waals surface area contributed by atoms with E-state index in [1.165, 1.54) is 7.11 Å². The van der Waals surface area contributed by atoms with E-state index in [-0.39, 0.29) is 11.4 Å². The second-order valence-corrected chi connectivity index (χ2v) is 4.28. The Bertz CT molecular complexity index is 681. The summed E-state index contributed by atoms with van der Waals surface area (Å²) in [5, 5.41) is 3.65. The summed E-state index contributed by atoms with van der Waals surface area (Å²) < 4.78 is 10.1. The zero-order valence-corrected chi connectivity index (χ0v) is 12.3. The quantitative estimate of drug-likeness (QED) is 0.396. The van der Waals surface area contributed by atoms with E-state index in [4.69, 9.17) is 20.0 Å². The lowest BCUT2D eigenvalue weighted by Crippen LogP contribution is -2.15. The van der Waals surface area contributed by atoms with Crippen LogP contribution in [0.5, 0.6) is 11.5 Å². The molecular weight excluding hydrogens is 284 g/mol. The molecule has 0 heterocycles. The number of hydrogen-bond acceptors (Lipinski definition) is 5. The van der Waals surface area contributed by atoms with Crippen LogP contribution in [0.25, 0.3) is 0 Å². The fraction of sp³-hybridized carbons (Fsp3) is 0.125. The van der Waals surface area contributed by atoms with Crippen molar-refractivity contribution < 1.29 is 19.1 Å². The highest BCUT2D eigenvalue weighted by atomic mass is 16.7. The number of para-hydroxylation sites is 1. The summed E-state index contributed by atoms with van der Waals surface area (Å²) in [6.07, 6.45) is 0. The van der Waals surface area contributed by atoms with Crippen LogP contribution in [0.3, 0.4) is 0 Å². The zero-order chi connectivity index (χ0) is 15.9. The lowest BCUT2D eigenvalue weighted by molar-refractivity contribution is 0.0512. The lowest BCUT2D eigenvalue weighted by Gasteiger charge is -2.06. The molecule has 0 atom stereocenters. The van der Waals surface area contributed by atoms with Crippen LogP contribution in [0, 0.1) is 0 Å². The SMILES string of the molecule is COc1ccc(/C(N)=N/OC(=O)c2ccccc2OC)cc1. The van der Waals surface area contributed by atoms with Crippen molar-refractivity contribution in [1.82, 2.24) is 0 Å². The molecule has 22 heavy (non-hydrogen) atoms. The summed E-state index contributed by atoms with van der Waals surface area (Å²) in [6, 6.07) is 13.6. The van der Waals surface area contributed by atoms with Crippen LogP contribution in [0.2, 0.25) is 0 Å². The average Bonchev–Trinajstić information content (AvgIpc) is 2.59. The van der Waals surface area contributed by atoms with Gasteiger partial charge in [-0.2, -0.15) is 0 Å². The Hall–Kier alpha value is -3.02. The number of oxime groups is 1.